The zero-order valence-corrected chi connectivity index (χ0v) is 14.1. The molecule has 1 aromatic heterocycles. The SMILES string of the molecule is Cc1ccc2c(n1)NC(=O)[C@@]21CCCN(C(=O)OC(C)(C)C)C1. The number of aryl methyl sites for hydroxylation is 1. The van der Waals surface area contributed by atoms with Gasteiger partial charge in [-0.15, -0.1) is 0 Å². The number of amides is 2. The number of piperidine rings is 1. The van der Waals surface area contributed by atoms with Crippen LogP contribution >= 0.6 is 0 Å². The van der Waals surface area contributed by atoms with Gasteiger partial charge in [0.2, 0.25) is 5.91 Å². The molecule has 23 heavy (non-hydrogen) atoms. The summed E-state index contributed by atoms with van der Waals surface area (Å²) in [7, 11) is 0. The third kappa shape index (κ3) is 2.78. The van der Waals surface area contributed by atoms with Crippen LogP contribution in [-0.2, 0) is 14.9 Å². The van der Waals surface area contributed by atoms with Gasteiger partial charge in [-0.25, -0.2) is 9.78 Å². The van der Waals surface area contributed by atoms with Gasteiger partial charge in [0.05, 0.1) is 5.41 Å². The van der Waals surface area contributed by atoms with Gasteiger partial charge in [0.1, 0.15) is 11.4 Å². The Kier molecular flexibility index (Phi) is 3.58. The normalized spacial score (nSPS) is 23.7. The zero-order valence-electron chi connectivity index (χ0n) is 14.1. The smallest absolute Gasteiger partial charge is 0.410 e. The topological polar surface area (TPSA) is 71.5 Å². The molecule has 0 bridgehead atoms. The number of fused-ring (bicyclic) bond motifs is 2. The van der Waals surface area contributed by atoms with E-state index in [1.807, 2.05) is 39.8 Å². The van der Waals surface area contributed by atoms with Crippen molar-refractivity contribution >= 4 is 17.8 Å². The monoisotopic (exact) mass is 317 g/mol. The second-order valence-corrected chi connectivity index (χ2v) is 7.39. The fourth-order valence-corrected chi connectivity index (χ4v) is 3.33. The molecule has 2 aliphatic rings. The van der Waals surface area contributed by atoms with E-state index in [1.165, 1.54) is 0 Å². The number of carbonyl (C=O) groups excluding carboxylic acids is 2. The summed E-state index contributed by atoms with van der Waals surface area (Å²) in [4.78, 5) is 31.1. The predicted molar refractivity (Wildman–Crippen MR) is 86.3 cm³/mol. The maximum absolute atomic E-state index is 12.6. The largest absolute Gasteiger partial charge is 0.444 e. The van der Waals surface area contributed by atoms with Gasteiger partial charge in [-0.2, -0.15) is 0 Å². The number of rotatable bonds is 0. The maximum Gasteiger partial charge on any atom is 0.410 e. The molecule has 3 heterocycles. The fraction of sp³-hybridized carbons (Fsp3) is 0.588. The molecule has 1 saturated heterocycles. The van der Waals surface area contributed by atoms with Crippen molar-refractivity contribution in [2.75, 3.05) is 18.4 Å². The van der Waals surface area contributed by atoms with Crippen LogP contribution in [-0.4, -0.2) is 40.6 Å². The minimum absolute atomic E-state index is 0.0705. The number of hydrogen-bond donors (Lipinski definition) is 1. The molecule has 0 unspecified atom stereocenters. The van der Waals surface area contributed by atoms with E-state index in [2.05, 4.69) is 10.3 Å². The van der Waals surface area contributed by atoms with Crippen LogP contribution in [0.5, 0.6) is 0 Å². The minimum atomic E-state index is -0.703. The number of carbonyl (C=O) groups is 2. The lowest BCUT2D eigenvalue weighted by Crippen LogP contribution is -2.52. The molecule has 6 nitrogen and oxygen atoms in total. The highest BCUT2D eigenvalue weighted by atomic mass is 16.6. The van der Waals surface area contributed by atoms with Gasteiger partial charge < -0.3 is 15.0 Å². The van der Waals surface area contributed by atoms with Crippen LogP contribution in [0.25, 0.3) is 0 Å². The molecular formula is C17H23N3O3. The molecule has 2 amide bonds. The number of aromatic nitrogens is 1. The Morgan fingerprint density at radius 2 is 2.13 bits per heavy atom. The number of hydrogen-bond acceptors (Lipinski definition) is 4. The van der Waals surface area contributed by atoms with Crippen LogP contribution in [0.2, 0.25) is 0 Å². The van der Waals surface area contributed by atoms with Gasteiger partial charge in [0.25, 0.3) is 0 Å². The van der Waals surface area contributed by atoms with E-state index in [0.29, 0.717) is 18.9 Å². The Labute approximate surface area is 136 Å². The lowest BCUT2D eigenvalue weighted by atomic mass is 9.75. The Morgan fingerprint density at radius 3 is 2.83 bits per heavy atom. The average Bonchev–Trinajstić information content (AvgIpc) is 2.69. The quantitative estimate of drug-likeness (QED) is 0.798. The van der Waals surface area contributed by atoms with Crippen molar-refractivity contribution in [3.63, 3.8) is 0 Å². The number of anilines is 1. The summed E-state index contributed by atoms with van der Waals surface area (Å²) < 4.78 is 5.46. The first-order valence-electron chi connectivity index (χ1n) is 7.99. The molecular weight excluding hydrogens is 294 g/mol. The van der Waals surface area contributed by atoms with Crippen molar-refractivity contribution in [3.8, 4) is 0 Å². The second-order valence-electron chi connectivity index (χ2n) is 7.39. The van der Waals surface area contributed by atoms with E-state index < -0.39 is 11.0 Å². The number of nitrogens with zero attached hydrogens (tertiary/aromatic N) is 2. The molecule has 1 fully saturated rings. The Bertz CT molecular complexity index is 666. The third-order valence-corrected chi connectivity index (χ3v) is 4.36. The summed E-state index contributed by atoms with van der Waals surface area (Å²) in [5, 5.41) is 2.88. The molecule has 1 atom stereocenters. The van der Waals surface area contributed by atoms with Crippen molar-refractivity contribution in [2.45, 2.75) is 51.6 Å². The average molecular weight is 317 g/mol. The van der Waals surface area contributed by atoms with Crippen molar-refractivity contribution in [1.29, 1.82) is 0 Å². The van der Waals surface area contributed by atoms with Gasteiger partial charge in [0, 0.05) is 24.3 Å². The standard InChI is InChI=1S/C17H23N3O3/c1-11-6-7-12-13(18-11)19-14(21)17(12)8-5-9-20(10-17)15(22)23-16(2,3)4/h6-7H,5,8-10H2,1-4H3,(H,18,19,21)/t17-/m1/s1. The van der Waals surface area contributed by atoms with Crippen molar-refractivity contribution in [1.82, 2.24) is 9.88 Å². The molecule has 1 spiro atoms. The molecule has 3 rings (SSSR count). The van der Waals surface area contributed by atoms with Crippen molar-refractivity contribution in [2.24, 2.45) is 0 Å². The van der Waals surface area contributed by atoms with E-state index in [0.717, 1.165) is 24.1 Å². The van der Waals surface area contributed by atoms with Gasteiger partial charge in [-0.05, 0) is 46.6 Å². The van der Waals surface area contributed by atoms with Gasteiger partial charge in [-0.3, -0.25) is 4.79 Å². The highest BCUT2D eigenvalue weighted by Crippen LogP contribution is 2.43. The summed E-state index contributed by atoms with van der Waals surface area (Å²) in [6.07, 6.45) is 1.12. The molecule has 1 aromatic rings. The highest BCUT2D eigenvalue weighted by Gasteiger charge is 2.51. The summed E-state index contributed by atoms with van der Waals surface area (Å²) in [6, 6.07) is 3.86. The van der Waals surface area contributed by atoms with Crippen LogP contribution in [0.15, 0.2) is 12.1 Å². The van der Waals surface area contributed by atoms with Crippen LogP contribution in [0.4, 0.5) is 10.6 Å². The number of ether oxygens (including phenoxy) is 1. The number of nitrogens with one attached hydrogen (secondary N) is 1. The molecule has 6 heteroatoms. The fourth-order valence-electron chi connectivity index (χ4n) is 3.33. The van der Waals surface area contributed by atoms with Gasteiger partial charge in [0.15, 0.2) is 0 Å². The van der Waals surface area contributed by atoms with E-state index in [4.69, 9.17) is 4.74 Å². The van der Waals surface area contributed by atoms with Crippen LogP contribution in [0.3, 0.4) is 0 Å². The molecule has 0 radical (unpaired) electrons. The Hall–Kier alpha value is -2.11. The van der Waals surface area contributed by atoms with E-state index in [9.17, 15) is 9.59 Å². The maximum atomic E-state index is 12.6. The first-order valence-corrected chi connectivity index (χ1v) is 7.99. The zero-order chi connectivity index (χ0) is 16.8. The van der Waals surface area contributed by atoms with Gasteiger partial charge in [-0.1, -0.05) is 6.07 Å². The van der Waals surface area contributed by atoms with Gasteiger partial charge >= 0.3 is 6.09 Å². The predicted octanol–water partition coefficient (Wildman–Crippen LogP) is 2.61. The second kappa shape index (κ2) is 5.22. The summed E-state index contributed by atoms with van der Waals surface area (Å²) in [6.45, 7) is 8.37. The molecule has 0 aliphatic carbocycles. The third-order valence-electron chi connectivity index (χ3n) is 4.36. The Morgan fingerprint density at radius 1 is 1.39 bits per heavy atom. The molecule has 2 aliphatic heterocycles. The van der Waals surface area contributed by atoms with Crippen LogP contribution in [0.1, 0.15) is 44.9 Å². The number of pyridine rings is 1. The lowest BCUT2D eigenvalue weighted by molar-refractivity contribution is -0.122. The number of likely N-dealkylation sites (tertiary alicyclic amines) is 1. The molecule has 1 N–H and O–H groups in total. The van der Waals surface area contributed by atoms with E-state index in [-0.39, 0.29) is 12.0 Å². The van der Waals surface area contributed by atoms with Crippen LogP contribution < -0.4 is 5.32 Å². The highest BCUT2D eigenvalue weighted by molar-refractivity contribution is 6.05. The van der Waals surface area contributed by atoms with Crippen molar-refractivity contribution in [3.05, 3.63) is 23.4 Å². The summed E-state index contributed by atoms with van der Waals surface area (Å²) >= 11 is 0. The molecule has 124 valence electrons. The first-order chi connectivity index (χ1) is 10.7. The summed E-state index contributed by atoms with van der Waals surface area (Å²) in [5.41, 5.74) is 0.503. The molecule has 0 saturated carbocycles. The molecule has 0 aromatic carbocycles. The van der Waals surface area contributed by atoms with E-state index in [1.54, 1.807) is 4.90 Å². The first kappa shape index (κ1) is 15.8. The van der Waals surface area contributed by atoms with Crippen molar-refractivity contribution < 1.29 is 14.3 Å². The summed E-state index contributed by atoms with van der Waals surface area (Å²) in [5.74, 6) is 0.555. The van der Waals surface area contributed by atoms with Crippen LogP contribution in [0, 0.1) is 6.92 Å². The lowest BCUT2D eigenvalue weighted by Gasteiger charge is -2.39. The minimum Gasteiger partial charge on any atom is -0.444 e. The van der Waals surface area contributed by atoms with E-state index >= 15 is 0 Å². The Balaban J connectivity index is 1.89.